The molecule has 0 saturated heterocycles. The number of fused-ring (bicyclic) bond motifs is 5. The van der Waals surface area contributed by atoms with Crippen molar-refractivity contribution in [2.75, 3.05) is 4.90 Å². The van der Waals surface area contributed by atoms with Crippen molar-refractivity contribution in [1.29, 1.82) is 0 Å². The highest BCUT2D eigenvalue weighted by molar-refractivity contribution is 6.10. The molecule has 2 heteroatoms. The topological polar surface area (TPSA) is 8.17 Å². The van der Waals surface area contributed by atoms with Crippen LogP contribution in [-0.2, 0) is 0 Å². The first-order valence-corrected chi connectivity index (χ1v) is 22.0. The van der Waals surface area contributed by atoms with Gasteiger partial charge in [0.25, 0.3) is 0 Å². The first-order chi connectivity index (χ1) is 31.7. The fraction of sp³-hybridized carbons (Fsp3) is 0. The Morgan fingerprint density at radius 2 is 0.703 bits per heavy atom. The zero-order valence-corrected chi connectivity index (χ0v) is 35.1. The molecule has 11 aromatic carbocycles. The molecule has 0 saturated carbocycles. The third-order valence-electron chi connectivity index (χ3n) is 12.8. The molecule has 0 aliphatic rings. The highest BCUT2D eigenvalue weighted by Gasteiger charge is 2.20. The minimum Gasteiger partial charge on any atom is -0.310 e. The monoisotopic (exact) mass is 814 g/mol. The zero-order valence-electron chi connectivity index (χ0n) is 35.1. The van der Waals surface area contributed by atoms with Crippen LogP contribution < -0.4 is 4.90 Å². The van der Waals surface area contributed by atoms with E-state index in [1.807, 2.05) is 0 Å². The van der Waals surface area contributed by atoms with Crippen LogP contribution in [0.3, 0.4) is 0 Å². The van der Waals surface area contributed by atoms with Crippen molar-refractivity contribution >= 4 is 60.4 Å². The molecule has 2 nitrogen and oxygen atoms in total. The van der Waals surface area contributed by atoms with Crippen molar-refractivity contribution < 1.29 is 0 Å². The second-order valence-corrected chi connectivity index (χ2v) is 16.5. The van der Waals surface area contributed by atoms with Crippen molar-refractivity contribution in [2.24, 2.45) is 0 Å². The van der Waals surface area contributed by atoms with Gasteiger partial charge in [0.15, 0.2) is 0 Å². The predicted octanol–water partition coefficient (Wildman–Crippen LogP) is 17.2. The number of nitrogens with zero attached hydrogens (tertiary/aromatic N) is 2. The van der Waals surface area contributed by atoms with Crippen molar-refractivity contribution in [1.82, 2.24) is 4.57 Å². The number of hydrogen-bond donors (Lipinski definition) is 0. The maximum absolute atomic E-state index is 2.45. The molecule has 0 aliphatic heterocycles. The first-order valence-electron chi connectivity index (χ1n) is 22.0. The Kier molecular flexibility index (Phi) is 9.20. The second-order valence-electron chi connectivity index (χ2n) is 16.5. The molecule has 0 N–H and O–H groups in total. The van der Waals surface area contributed by atoms with Crippen LogP contribution in [0.15, 0.2) is 255 Å². The molecule has 12 aromatic rings. The van der Waals surface area contributed by atoms with E-state index in [0.29, 0.717) is 0 Å². The lowest BCUT2D eigenvalue weighted by Crippen LogP contribution is -2.11. The number of aromatic nitrogens is 1. The molecule has 1 heterocycles. The van der Waals surface area contributed by atoms with E-state index in [-0.39, 0.29) is 0 Å². The van der Waals surface area contributed by atoms with E-state index in [1.54, 1.807) is 0 Å². The highest BCUT2D eigenvalue weighted by Crippen LogP contribution is 2.44. The second kappa shape index (κ2) is 15.8. The molecule has 1 aromatic heterocycles. The number of anilines is 3. The van der Waals surface area contributed by atoms with E-state index in [0.717, 1.165) is 28.3 Å². The van der Waals surface area contributed by atoms with Crippen molar-refractivity contribution in [3.63, 3.8) is 0 Å². The Labute approximate surface area is 373 Å². The smallest absolute Gasteiger partial charge is 0.0546 e. The van der Waals surface area contributed by atoms with Crippen LogP contribution in [0.2, 0.25) is 0 Å². The van der Waals surface area contributed by atoms with Gasteiger partial charge in [-0.1, -0.05) is 200 Å². The van der Waals surface area contributed by atoms with Crippen molar-refractivity contribution in [3.05, 3.63) is 255 Å². The summed E-state index contributed by atoms with van der Waals surface area (Å²) in [6.45, 7) is 0. The van der Waals surface area contributed by atoms with Crippen LogP contribution in [0.1, 0.15) is 0 Å². The van der Waals surface area contributed by atoms with E-state index in [2.05, 4.69) is 264 Å². The van der Waals surface area contributed by atoms with Gasteiger partial charge in [-0.05, 0) is 110 Å². The van der Waals surface area contributed by atoms with E-state index < -0.39 is 0 Å². The first kappa shape index (κ1) is 37.3. The SMILES string of the molecule is c1ccc(-c2ccccc2N(c2ccc(-c3ccc(-c4cccc5ccccc45)cc3)cc2)c2ccc(-c3cc4ccccc4cc3-n3c4ccccc4c4ccccc43)cc2)cc1. The largest absolute Gasteiger partial charge is 0.310 e. The summed E-state index contributed by atoms with van der Waals surface area (Å²) in [4.78, 5) is 2.40. The average Bonchev–Trinajstić information content (AvgIpc) is 3.71. The molecule has 0 unspecified atom stereocenters. The Hall–Kier alpha value is -8.46. The molecule has 0 fully saturated rings. The van der Waals surface area contributed by atoms with Gasteiger partial charge in [-0.15, -0.1) is 0 Å². The lowest BCUT2D eigenvalue weighted by Gasteiger charge is -2.28. The maximum Gasteiger partial charge on any atom is 0.0546 e. The summed E-state index contributed by atoms with van der Waals surface area (Å²) in [5.74, 6) is 0. The van der Waals surface area contributed by atoms with Crippen LogP contribution in [-0.4, -0.2) is 4.57 Å². The lowest BCUT2D eigenvalue weighted by molar-refractivity contribution is 1.19. The number of benzene rings is 11. The lowest BCUT2D eigenvalue weighted by atomic mass is 9.96. The summed E-state index contributed by atoms with van der Waals surface area (Å²) in [6.07, 6.45) is 0. The van der Waals surface area contributed by atoms with Crippen LogP contribution in [0.25, 0.3) is 93.5 Å². The van der Waals surface area contributed by atoms with Crippen LogP contribution in [0.5, 0.6) is 0 Å². The molecule has 0 bridgehead atoms. The fourth-order valence-corrected chi connectivity index (χ4v) is 9.70. The van der Waals surface area contributed by atoms with E-state index in [1.165, 1.54) is 82.3 Å². The molecule has 0 radical (unpaired) electrons. The summed E-state index contributed by atoms with van der Waals surface area (Å²) in [6, 6.07) is 92.7. The quantitative estimate of drug-likeness (QED) is 0.148. The van der Waals surface area contributed by atoms with Crippen molar-refractivity contribution in [3.8, 4) is 50.2 Å². The molecular formula is C62H42N2. The summed E-state index contributed by atoms with van der Waals surface area (Å²) < 4.78 is 2.45. The summed E-state index contributed by atoms with van der Waals surface area (Å²) in [7, 11) is 0. The number of para-hydroxylation sites is 3. The molecule has 0 amide bonds. The average molecular weight is 815 g/mol. The van der Waals surface area contributed by atoms with Crippen molar-refractivity contribution in [2.45, 2.75) is 0 Å². The van der Waals surface area contributed by atoms with Gasteiger partial charge >= 0.3 is 0 Å². The molecule has 0 atom stereocenters. The predicted molar refractivity (Wildman–Crippen MR) is 272 cm³/mol. The van der Waals surface area contributed by atoms with Gasteiger partial charge in [0, 0.05) is 33.3 Å². The van der Waals surface area contributed by atoms with Gasteiger partial charge in [0.1, 0.15) is 0 Å². The summed E-state index contributed by atoms with van der Waals surface area (Å²) in [5.41, 5.74) is 16.4. The zero-order chi connectivity index (χ0) is 42.4. The normalized spacial score (nSPS) is 11.4. The summed E-state index contributed by atoms with van der Waals surface area (Å²) in [5, 5.41) is 7.46. The molecule has 64 heavy (non-hydrogen) atoms. The van der Waals surface area contributed by atoms with E-state index in [9.17, 15) is 0 Å². The molecule has 0 aliphatic carbocycles. The van der Waals surface area contributed by atoms with E-state index in [4.69, 9.17) is 0 Å². The molecular weight excluding hydrogens is 773 g/mol. The standard InChI is InChI=1S/C62H42N2/c1-2-15-46(16-3-1)55-22-8-11-26-59(55)63(51-37-33-44(34-38-51)43-29-31-47(32-30-43)54-25-14-20-45-17-6-7-21-53(45)54)52-39-35-48(36-40-52)58-41-49-18-4-5-19-50(49)42-62(58)64-60-27-12-9-23-56(60)57-24-10-13-28-61(57)64/h1-42H. The fourth-order valence-electron chi connectivity index (χ4n) is 9.70. The number of rotatable bonds is 8. The molecule has 12 rings (SSSR count). The number of hydrogen-bond acceptors (Lipinski definition) is 1. The Morgan fingerprint density at radius 3 is 1.38 bits per heavy atom. The highest BCUT2D eigenvalue weighted by atomic mass is 15.1. The Morgan fingerprint density at radius 1 is 0.266 bits per heavy atom. The minimum atomic E-state index is 1.08. The summed E-state index contributed by atoms with van der Waals surface area (Å²) >= 11 is 0. The molecule has 300 valence electrons. The van der Waals surface area contributed by atoms with Gasteiger partial charge in [-0.2, -0.15) is 0 Å². The third kappa shape index (κ3) is 6.52. The van der Waals surface area contributed by atoms with Gasteiger partial charge < -0.3 is 9.47 Å². The van der Waals surface area contributed by atoms with Gasteiger partial charge in [0.05, 0.1) is 22.4 Å². The minimum absolute atomic E-state index is 1.08. The van der Waals surface area contributed by atoms with Gasteiger partial charge in [-0.3, -0.25) is 0 Å². The molecule has 0 spiro atoms. The van der Waals surface area contributed by atoms with Crippen LogP contribution >= 0.6 is 0 Å². The Bertz CT molecular complexity index is 3580. The van der Waals surface area contributed by atoms with Crippen LogP contribution in [0.4, 0.5) is 17.1 Å². The third-order valence-corrected chi connectivity index (χ3v) is 12.8. The maximum atomic E-state index is 2.45. The Balaban J connectivity index is 0.963. The van der Waals surface area contributed by atoms with E-state index >= 15 is 0 Å². The van der Waals surface area contributed by atoms with Crippen LogP contribution in [0, 0.1) is 0 Å². The van der Waals surface area contributed by atoms with Gasteiger partial charge in [-0.25, -0.2) is 0 Å². The van der Waals surface area contributed by atoms with Gasteiger partial charge in [0.2, 0.25) is 0 Å².